The lowest BCUT2D eigenvalue weighted by Gasteiger charge is -2.12. The van der Waals surface area contributed by atoms with Gasteiger partial charge in [0.15, 0.2) is 0 Å². The molecule has 0 aliphatic carbocycles. The van der Waals surface area contributed by atoms with E-state index in [1.807, 2.05) is 24.3 Å². The summed E-state index contributed by atoms with van der Waals surface area (Å²) in [5.41, 5.74) is 12.1. The molecule has 3 heterocycles. The second-order valence-electron chi connectivity index (χ2n) is 13.8. The summed E-state index contributed by atoms with van der Waals surface area (Å²) in [5, 5.41) is 4.85. The fraction of sp³-hybridized carbons (Fsp3) is 0. The molecule has 1 aliphatic rings. The monoisotopic (exact) mass is 698 g/mol. The molecule has 1 aliphatic heterocycles. The summed E-state index contributed by atoms with van der Waals surface area (Å²) in [6.07, 6.45) is 0. The predicted octanol–water partition coefficient (Wildman–Crippen LogP) is 12.0. The second kappa shape index (κ2) is 11.2. The molecule has 8 aromatic carbocycles. The zero-order valence-electron chi connectivity index (χ0n) is 28.4. The van der Waals surface area contributed by atoms with E-state index in [0.717, 1.165) is 66.8 Å². The number of sulfone groups is 1. The summed E-state index contributed by atoms with van der Waals surface area (Å²) in [6, 6.07) is 62.5. The van der Waals surface area contributed by atoms with Crippen molar-refractivity contribution in [3.05, 3.63) is 182 Å². The third-order valence-corrected chi connectivity index (χ3v) is 12.7. The van der Waals surface area contributed by atoms with Crippen molar-refractivity contribution in [1.29, 1.82) is 0 Å². The minimum absolute atomic E-state index is 0.353. The van der Waals surface area contributed by atoms with Crippen LogP contribution < -0.4 is 0 Å². The molecule has 250 valence electrons. The Bertz CT molecular complexity index is 2940. The maximum atomic E-state index is 13.9. The first kappa shape index (κ1) is 30.0. The van der Waals surface area contributed by atoms with Crippen LogP contribution in [-0.4, -0.2) is 17.6 Å². The topological polar surface area (TPSA) is 44.0 Å². The summed E-state index contributed by atoms with van der Waals surface area (Å²) >= 11 is 0. The van der Waals surface area contributed by atoms with E-state index in [1.54, 1.807) is 12.1 Å². The minimum Gasteiger partial charge on any atom is -0.309 e. The molecular weight excluding hydrogens is 669 g/mol. The van der Waals surface area contributed by atoms with E-state index in [9.17, 15) is 8.42 Å². The predicted molar refractivity (Wildman–Crippen MR) is 217 cm³/mol. The van der Waals surface area contributed by atoms with E-state index in [1.165, 1.54) is 21.5 Å². The number of para-hydroxylation sites is 4. The smallest absolute Gasteiger partial charge is 0.207 e. The first-order valence-corrected chi connectivity index (χ1v) is 19.2. The number of fused-ring (bicyclic) bond motifs is 9. The Morgan fingerprint density at radius 3 is 1.04 bits per heavy atom. The summed E-state index contributed by atoms with van der Waals surface area (Å²) in [4.78, 5) is 0.706. The largest absolute Gasteiger partial charge is 0.309 e. The lowest BCUT2D eigenvalue weighted by atomic mass is 9.96. The Balaban J connectivity index is 1.03. The lowest BCUT2D eigenvalue weighted by molar-refractivity contribution is 0.598. The summed E-state index contributed by atoms with van der Waals surface area (Å²) in [6.45, 7) is 0. The van der Waals surface area contributed by atoms with Gasteiger partial charge in [-0.1, -0.05) is 109 Å². The SMILES string of the molecule is O=S1(=O)c2ccc(-c3cccc(-n4c5ccccc5c5ccccc54)c3)cc2-c2cc(-c3cccc(-n4c5ccccc5c5ccccc54)c3)ccc21. The van der Waals surface area contributed by atoms with Crippen molar-refractivity contribution in [3.63, 3.8) is 0 Å². The van der Waals surface area contributed by atoms with Gasteiger partial charge in [0.1, 0.15) is 0 Å². The van der Waals surface area contributed by atoms with Crippen LogP contribution in [0.2, 0.25) is 0 Å². The normalized spacial score (nSPS) is 13.2. The maximum Gasteiger partial charge on any atom is 0.207 e. The molecule has 0 spiro atoms. The number of hydrogen-bond acceptors (Lipinski definition) is 2. The Hall–Kier alpha value is -6.69. The van der Waals surface area contributed by atoms with Gasteiger partial charge in [0.05, 0.1) is 31.9 Å². The molecular formula is C48H30N2O2S. The molecule has 0 N–H and O–H groups in total. The minimum atomic E-state index is -3.66. The van der Waals surface area contributed by atoms with Crippen LogP contribution in [0.3, 0.4) is 0 Å². The van der Waals surface area contributed by atoms with Crippen LogP contribution in [0.4, 0.5) is 0 Å². The maximum absolute atomic E-state index is 13.9. The van der Waals surface area contributed by atoms with Crippen molar-refractivity contribution in [2.45, 2.75) is 9.79 Å². The molecule has 0 amide bonds. The highest BCUT2D eigenvalue weighted by Crippen LogP contribution is 2.46. The molecule has 4 nitrogen and oxygen atoms in total. The van der Waals surface area contributed by atoms with Gasteiger partial charge in [0.25, 0.3) is 0 Å². The van der Waals surface area contributed by atoms with Gasteiger partial charge in [-0.3, -0.25) is 0 Å². The number of hydrogen-bond donors (Lipinski definition) is 0. The third kappa shape index (κ3) is 4.38. The fourth-order valence-electron chi connectivity index (χ4n) is 8.48. The van der Waals surface area contributed by atoms with Crippen LogP contribution >= 0.6 is 0 Å². The first-order chi connectivity index (χ1) is 26.0. The van der Waals surface area contributed by atoms with Gasteiger partial charge < -0.3 is 9.13 Å². The Morgan fingerprint density at radius 1 is 0.321 bits per heavy atom. The molecule has 0 saturated heterocycles. The van der Waals surface area contributed by atoms with Crippen LogP contribution in [-0.2, 0) is 9.84 Å². The van der Waals surface area contributed by atoms with Gasteiger partial charge in [-0.25, -0.2) is 8.42 Å². The first-order valence-electron chi connectivity index (χ1n) is 17.8. The van der Waals surface area contributed by atoms with Gasteiger partial charge >= 0.3 is 0 Å². The molecule has 53 heavy (non-hydrogen) atoms. The molecule has 11 rings (SSSR count). The zero-order chi connectivity index (χ0) is 35.3. The summed E-state index contributed by atoms with van der Waals surface area (Å²) in [5.74, 6) is 0. The van der Waals surface area contributed by atoms with Crippen LogP contribution in [0.1, 0.15) is 0 Å². The molecule has 10 aromatic rings. The Kier molecular flexibility index (Phi) is 6.31. The Morgan fingerprint density at radius 2 is 0.660 bits per heavy atom. The van der Waals surface area contributed by atoms with Gasteiger partial charge in [0.2, 0.25) is 9.84 Å². The molecule has 0 fully saturated rings. The van der Waals surface area contributed by atoms with Crippen LogP contribution in [0.15, 0.2) is 192 Å². The molecule has 0 unspecified atom stereocenters. The molecule has 5 heteroatoms. The number of benzene rings is 8. The van der Waals surface area contributed by atoms with E-state index in [-0.39, 0.29) is 0 Å². The molecule has 0 radical (unpaired) electrons. The van der Waals surface area contributed by atoms with Crippen LogP contribution in [0.5, 0.6) is 0 Å². The highest BCUT2D eigenvalue weighted by atomic mass is 32.2. The van der Waals surface area contributed by atoms with E-state index < -0.39 is 9.84 Å². The van der Waals surface area contributed by atoms with Gasteiger partial charge in [0, 0.05) is 44.0 Å². The number of rotatable bonds is 4. The Labute approximate surface area is 306 Å². The van der Waals surface area contributed by atoms with Crippen molar-refractivity contribution in [3.8, 4) is 44.8 Å². The highest BCUT2D eigenvalue weighted by molar-refractivity contribution is 7.92. The average Bonchev–Trinajstić information content (AvgIpc) is 3.81. The fourth-order valence-corrected chi connectivity index (χ4v) is 10.1. The van der Waals surface area contributed by atoms with Crippen molar-refractivity contribution in [1.82, 2.24) is 9.13 Å². The average molecular weight is 699 g/mol. The molecule has 0 bridgehead atoms. The zero-order valence-corrected chi connectivity index (χ0v) is 29.3. The van der Waals surface area contributed by atoms with Crippen LogP contribution in [0, 0.1) is 0 Å². The molecule has 0 atom stereocenters. The summed E-state index contributed by atoms with van der Waals surface area (Å²) < 4.78 is 32.4. The van der Waals surface area contributed by atoms with E-state index >= 15 is 0 Å². The molecule has 2 aromatic heterocycles. The lowest BCUT2D eigenvalue weighted by Crippen LogP contribution is -1.97. The van der Waals surface area contributed by atoms with Crippen molar-refractivity contribution in [2.75, 3.05) is 0 Å². The summed E-state index contributed by atoms with van der Waals surface area (Å²) in [7, 11) is -3.66. The number of aromatic nitrogens is 2. The van der Waals surface area contributed by atoms with Crippen molar-refractivity contribution < 1.29 is 8.42 Å². The van der Waals surface area contributed by atoms with E-state index in [0.29, 0.717) is 9.79 Å². The molecule has 0 saturated carbocycles. The van der Waals surface area contributed by atoms with Gasteiger partial charge in [-0.2, -0.15) is 0 Å². The third-order valence-electron chi connectivity index (χ3n) is 10.9. The highest BCUT2D eigenvalue weighted by Gasteiger charge is 2.33. The van der Waals surface area contributed by atoms with Crippen LogP contribution in [0.25, 0.3) is 88.4 Å². The quantitative estimate of drug-likeness (QED) is 0.184. The van der Waals surface area contributed by atoms with E-state index in [4.69, 9.17) is 0 Å². The standard InChI is InChI=1S/C48H30N2O2S/c51-53(52)47-25-23-33(31-11-9-13-35(27-31)49-43-19-5-1-15-37(43)38-16-2-6-20-44(38)49)29-41(47)42-30-34(24-26-48(42)53)32-12-10-14-36(28-32)50-45-21-7-3-17-39(45)40-18-4-8-22-46(40)50/h1-30H. The van der Waals surface area contributed by atoms with Gasteiger partial charge in [-0.15, -0.1) is 0 Å². The van der Waals surface area contributed by atoms with Crippen molar-refractivity contribution >= 4 is 53.4 Å². The van der Waals surface area contributed by atoms with Crippen molar-refractivity contribution in [2.24, 2.45) is 0 Å². The van der Waals surface area contributed by atoms with Gasteiger partial charge in [-0.05, 0) is 95.1 Å². The number of nitrogens with zero attached hydrogens (tertiary/aromatic N) is 2. The van der Waals surface area contributed by atoms with E-state index in [2.05, 4.69) is 155 Å². The second-order valence-corrected chi connectivity index (χ2v) is 15.7.